The summed E-state index contributed by atoms with van der Waals surface area (Å²) in [6, 6.07) is 2.95. The molecule has 6 rings (SSSR count). The molecule has 13 N–H and O–H groups in total. The SMILES string of the molecule is Nc1nc2c(ccn2[C@H]2C[C@H](OP(O)(=S)OCC(O)COP(O)(=S)O[C@H]3C[C@H](n4ccc5c(=O)[nH]c(N)nc54)O[C@@H]3COP(O)(O)=S)[C@@H](COP(O)(O)=S)O2)c(=O)[nH]1. The van der Waals surface area contributed by atoms with Gasteiger partial charge in [-0.25, -0.2) is 0 Å². The summed E-state index contributed by atoms with van der Waals surface area (Å²) < 4.78 is 46.9. The van der Waals surface area contributed by atoms with Crippen molar-refractivity contribution < 1.29 is 71.1 Å². The first-order chi connectivity index (χ1) is 27.0. The van der Waals surface area contributed by atoms with Crippen molar-refractivity contribution in [2.24, 2.45) is 0 Å². The summed E-state index contributed by atoms with van der Waals surface area (Å²) in [6.07, 6.45) is -5.01. The quantitative estimate of drug-likeness (QED) is 0.0547. The number of H-pyrrole nitrogens is 2. The van der Waals surface area contributed by atoms with E-state index in [0.717, 1.165) is 0 Å². The fourth-order valence-electron chi connectivity index (χ4n) is 6.00. The van der Waals surface area contributed by atoms with Gasteiger partial charge in [0.2, 0.25) is 11.9 Å². The number of aromatic nitrogens is 6. The number of nitrogens with two attached hydrogens (primary N) is 2. The smallest absolute Gasteiger partial charge is 0.324 e. The van der Waals surface area contributed by atoms with E-state index in [1.165, 1.54) is 33.7 Å². The molecule has 2 saturated heterocycles. The molecule has 6 heterocycles. The summed E-state index contributed by atoms with van der Waals surface area (Å²) in [5, 5.41) is 11.0. The number of nitrogens with zero attached hydrogens (tertiary/aromatic N) is 4. The molecule has 0 radical (unpaired) electrons. The van der Waals surface area contributed by atoms with Gasteiger partial charge in [0.1, 0.15) is 30.8 Å². The van der Waals surface area contributed by atoms with Gasteiger partial charge in [-0.15, -0.1) is 0 Å². The predicted octanol–water partition coefficient (Wildman–Crippen LogP) is -0.748. The lowest BCUT2D eigenvalue weighted by Gasteiger charge is -2.26. The van der Waals surface area contributed by atoms with Gasteiger partial charge in [-0.3, -0.25) is 19.6 Å². The van der Waals surface area contributed by atoms with E-state index in [0.29, 0.717) is 0 Å². The van der Waals surface area contributed by atoms with E-state index in [4.69, 9.17) is 71.7 Å². The number of nitrogens with one attached hydrogen (secondary N) is 2. The highest BCUT2D eigenvalue weighted by atomic mass is 32.5. The van der Waals surface area contributed by atoms with Crippen molar-refractivity contribution in [3.63, 3.8) is 0 Å². The number of aromatic amines is 2. The van der Waals surface area contributed by atoms with E-state index < -0.39 is 107 Å². The number of hydrogen-bond acceptors (Lipinski definition) is 19. The lowest BCUT2D eigenvalue weighted by molar-refractivity contribution is -0.0405. The Morgan fingerprint density at radius 3 is 1.47 bits per heavy atom. The Bertz CT molecular complexity index is 2290. The molecule has 0 spiro atoms. The molecule has 2 aliphatic rings. The molecule has 2 aliphatic heterocycles. The number of ether oxygens (including phenoxy) is 2. The number of nitrogen functional groups attached to an aromatic ring is 2. The first-order valence-corrected chi connectivity index (χ1v) is 26.8. The van der Waals surface area contributed by atoms with Gasteiger partial charge in [-0.2, -0.15) is 9.97 Å². The molecule has 4 aromatic heterocycles. The summed E-state index contributed by atoms with van der Waals surface area (Å²) >= 11 is 19.4. The lowest BCUT2D eigenvalue weighted by Crippen LogP contribution is -2.29. The van der Waals surface area contributed by atoms with Gasteiger partial charge in [0.05, 0.1) is 49.4 Å². The van der Waals surface area contributed by atoms with Crippen molar-refractivity contribution in [1.29, 1.82) is 0 Å². The molecule has 58 heavy (non-hydrogen) atoms. The van der Waals surface area contributed by atoms with Gasteiger partial charge >= 0.3 is 26.9 Å². The van der Waals surface area contributed by atoms with Crippen LogP contribution >= 0.6 is 26.9 Å². The molecule has 0 aliphatic carbocycles. The average Bonchev–Trinajstić information content (AvgIpc) is 3.89. The topological polar surface area (TPSA) is 369 Å². The van der Waals surface area contributed by atoms with Crippen LogP contribution in [0.15, 0.2) is 34.1 Å². The number of aliphatic hydroxyl groups excluding tert-OH is 1. The molecular weight excluding hydrogens is 936 g/mol. The highest BCUT2D eigenvalue weighted by molar-refractivity contribution is 8.07. The Balaban J connectivity index is 1.06. The van der Waals surface area contributed by atoms with E-state index in [9.17, 15) is 44.1 Å². The van der Waals surface area contributed by atoms with Crippen LogP contribution in [0.4, 0.5) is 11.9 Å². The maximum absolute atomic E-state index is 12.3. The molecule has 2 unspecified atom stereocenters. The molecule has 0 aromatic carbocycles. The number of fused-ring (bicyclic) bond motifs is 2. The highest BCUT2D eigenvalue weighted by Gasteiger charge is 2.43. The van der Waals surface area contributed by atoms with Crippen LogP contribution in [0.25, 0.3) is 22.1 Å². The van der Waals surface area contributed by atoms with Crippen LogP contribution in [0.2, 0.25) is 0 Å². The van der Waals surface area contributed by atoms with Crippen molar-refractivity contribution in [2.45, 2.75) is 55.8 Å². The molecule has 322 valence electrons. The van der Waals surface area contributed by atoms with E-state index in [1.807, 2.05) is 0 Å². The molecule has 2 fully saturated rings. The van der Waals surface area contributed by atoms with Crippen LogP contribution in [0.1, 0.15) is 25.3 Å². The Labute approximate surface area is 345 Å². The minimum Gasteiger partial charge on any atom is -0.388 e. The normalized spacial score (nSPS) is 25.6. The summed E-state index contributed by atoms with van der Waals surface area (Å²) in [5.74, 6) is -0.323. The Hall–Kier alpha value is -1.56. The van der Waals surface area contributed by atoms with Crippen LogP contribution in [0.5, 0.6) is 0 Å². The van der Waals surface area contributed by atoms with Gasteiger partial charge in [0.25, 0.3) is 11.1 Å². The van der Waals surface area contributed by atoms with E-state index >= 15 is 0 Å². The first kappa shape index (κ1) is 46.0. The average molecular weight is 973 g/mol. The zero-order chi connectivity index (χ0) is 42.4. The van der Waals surface area contributed by atoms with Gasteiger partial charge in [0.15, 0.2) is 11.3 Å². The molecule has 4 aromatic rings. The molecule has 8 atom stereocenters. The van der Waals surface area contributed by atoms with Gasteiger partial charge in [0, 0.05) is 25.2 Å². The molecule has 25 nitrogen and oxygen atoms in total. The van der Waals surface area contributed by atoms with Crippen molar-refractivity contribution in [3.05, 3.63) is 45.2 Å². The van der Waals surface area contributed by atoms with Gasteiger partial charge in [-0.1, -0.05) is 0 Å². The zero-order valence-electron chi connectivity index (χ0n) is 29.2. The van der Waals surface area contributed by atoms with Crippen LogP contribution < -0.4 is 22.6 Å². The van der Waals surface area contributed by atoms with Crippen LogP contribution in [0, 0.1) is 0 Å². The minimum atomic E-state index is -4.22. The molecule has 33 heteroatoms. The number of aliphatic hydroxyl groups is 1. The standard InChI is InChI=1S/C25H36N8O17P4S4/c26-24-28-20-12(22(35)30-24)1-3-32(20)18-5-14(16(47-18)9-43-51(37,38)55)49-53(41,57)45-7-11(34)8-46-54(42,58)50-15-6-19(48-17(15)10-44-52(39,40)56)33-4-2-13-21(33)29-25(27)31-23(13)36/h1-4,11,14-19,34H,5-10H2,(H,41,57)(H,42,58)(H2,37,38,55)(H2,39,40,56)(H3,26,28,30,35)(H3,27,29,31,36)/t11?,14-,15-,16+,17+,18+,19+,53?,54?/m0/s1. The third kappa shape index (κ3) is 11.9. The Morgan fingerprint density at radius 1 is 0.724 bits per heavy atom. The third-order valence-electron chi connectivity index (χ3n) is 8.39. The largest absolute Gasteiger partial charge is 0.388 e. The number of anilines is 2. The fraction of sp³-hybridized carbons (Fsp3) is 0.520. The van der Waals surface area contributed by atoms with Crippen LogP contribution in [0.3, 0.4) is 0 Å². The summed E-state index contributed by atoms with van der Waals surface area (Å²) in [7, 11) is 0. The second kappa shape index (κ2) is 18.0. The van der Waals surface area contributed by atoms with Crippen LogP contribution in [-0.2, 0) is 83.8 Å². The molecule has 0 bridgehead atoms. The molecule has 0 saturated carbocycles. The van der Waals surface area contributed by atoms with Crippen molar-refractivity contribution in [2.75, 3.05) is 37.9 Å². The summed E-state index contributed by atoms with van der Waals surface area (Å²) in [4.78, 5) is 98.1. The van der Waals surface area contributed by atoms with Crippen LogP contribution in [-0.4, -0.2) is 120 Å². The number of rotatable bonds is 18. The minimum absolute atomic E-state index is 0.0579. The molecule has 0 amide bonds. The van der Waals surface area contributed by atoms with Crippen molar-refractivity contribution in [3.8, 4) is 0 Å². The van der Waals surface area contributed by atoms with Gasteiger partial charge in [-0.05, 0) is 59.4 Å². The maximum atomic E-state index is 12.3. The predicted molar refractivity (Wildman–Crippen MR) is 217 cm³/mol. The second-order valence-corrected chi connectivity index (χ2v) is 23.5. The van der Waals surface area contributed by atoms with Crippen molar-refractivity contribution >= 4 is 108 Å². The zero-order valence-corrected chi connectivity index (χ0v) is 36.0. The van der Waals surface area contributed by atoms with E-state index in [2.05, 4.69) is 43.5 Å². The van der Waals surface area contributed by atoms with Crippen molar-refractivity contribution in [1.82, 2.24) is 29.1 Å². The first-order valence-electron chi connectivity index (χ1n) is 16.4. The van der Waals surface area contributed by atoms with Gasteiger partial charge < -0.3 is 91.7 Å². The maximum Gasteiger partial charge on any atom is 0.324 e. The Kier molecular flexibility index (Phi) is 14.3. The summed E-state index contributed by atoms with van der Waals surface area (Å²) in [5.41, 5.74) is 10.7. The highest BCUT2D eigenvalue weighted by Crippen LogP contribution is 2.52. The lowest BCUT2D eigenvalue weighted by atomic mass is 10.2. The van der Waals surface area contributed by atoms with E-state index in [1.54, 1.807) is 0 Å². The Morgan fingerprint density at radius 2 is 1.10 bits per heavy atom. The number of hydrogen-bond donors (Lipinski definition) is 11. The fourth-order valence-corrected chi connectivity index (χ4v) is 10.0. The monoisotopic (exact) mass is 972 g/mol. The third-order valence-corrected chi connectivity index (χ3v) is 13.2. The molecular formula is C25H36N8O17P4S4. The second-order valence-electron chi connectivity index (χ2n) is 12.6. The summed E-state index contributed by atoms with van der Waals surface area (Å²) in [6.45, 7) is -19.2. The van der Waals surface area contributed by atoms with E-state index in [-0.39, 0.29) is 46.8 Å².